The average Bonchev–Trinajstić information content (AvgIpc) is 3.26. The van der Waals surface area contributed by atoms with Gasteiger partial charge in [0.15, 0.2) is 17.3 Å². The summed E-state index contributed by atoms with van der Waals surface area (Å²) in [6.45, 7) is 6.28. The molecule has 9 nitrogen and oxygen atoms in total. The number of carbonyl (C=O) groups excluding carboxylic acids is 1. The fourth-order valence-corrected chi connectivity index (χ4v) is 4.17. The van der Waals surface area contributed by atoms with Crippen molar-refractivity contribution in [3.8, 4) is 11.5 Å². The Kier molecular flexibility index (Phi) is 7.36. The number of aliphatic hydroxyl groups excluding tert-OH is 1. The molecule has 1 aromatic heterocycles. The number of benzene rings is 2. The van der Waals surface area contributed by atoms with Gasteiger partial charge in [-0.15, -0.1) is 0 Å². The van der Waals surface area contributed by atoms with Crippen molar-refractivity contribution in [3.05, 3.63) is 70.7 Å². The molecule has 1 amide bonds. The molecule has 9 heteroatoms. The van der Waals surface area contributed by atoms with Crippen molar-refractivity contribution in [2.45, 2.75) is 39.7 Å². The number of para-hydroxylation sites is 1. The van der Waals surface area contributed by atoms with E-state index >= 15 is 0 Å². The van der Waals surface area contributed by atoms with E-state index in [0.717, 1.165) is 16.8 Å². The third kappa shape index (κ3) is 5.00. The minimum absolute atomic E-state index is 0.0538. The van der Waals surface area contributed by atoms with Gasteiger partial charge < -0.3 is 25.2 Å². The third-order valence-corrected chi connectivity index (χ3v) is 5.90. The summed E-state index contributed by atoms with van der Waals surface area (Å²) in [7, 11) is 1.59. The molecule has 0 saturated carbocycles. The minimum atomic E-state index is -0.546. The van der Waals surface area contributed by atoms with E-state index in [2.05, 4.69) is 15.6 Å². The Balaban J connectivity index is 1.80. The Bertz CT molecular complexity index is 1250. The van der Waals surface area contributed by atoms with Crippen molar-refractivity contribution in [3.63, 3.8) is 0 Å². The molecule has 184 valence electrons. The lowest BCUT2D eigenvalue weighted by Crippen LogP contribution is -2.31. The fourth-order valence-electron chi connectivity index (χ4n) is 4.17. The van der Waals surface area contributed by atoms with E-state index in [-0.39, 0.29) is 12.5 Å². The number of aryl methyl sites for hydroxylation is 2. The number of allylic oxidation sites excluding steroid dienone is 1. The summed E-state index contributed by atoms with van der Waals surface area (Å²) < 4.78 is 13.0. The zero-order valence-corrected chi connectivity index (χ0v) is 20.5. The highest BCUT2D eigenvalue weighted by Gasteiger charge is 2.35. The van der Waals surface area contributed by atoms with Gasteiger partial charge in [0.25, 0.3) is 5.91 Å². The predicted molar refractivity (Wildman–Crippen MR) is 134 cm³/mol. The van der Waals surface area contributed by atoms with Crippen LogP contribution in [0.3, 0.4) is 0 Å². The van der Waals surface area contributed by atoms with Crippen molar-refractivity contribution < 1.29 is 19.4 Å². The highest BCUT2D eigenvalue weighted by molar-refractivity contribution is 6.06. The first-order valence-electron chi connectivity index (χ1n) is 11.7. The van der Waals surface area contributed by atoms with Gasteiger partial charge in [-0.3, -0.25) is 4.79 Å². The van der Waals surface area contributed by atoms with E-state index < -0.39 is 6.04 Å². The largest absolute Gasteiger partial charge is 0.493 e. The molecule has 0 bridgehead atoms. The van der Waals surface area contributed by atoms with Crippen molar-refractivity contribution in [1.29, 1.82) is 0 Å². The Hall–Kier alpha value is -3.85. The molecule has 2 heterocycles. The second kappa shape index (κ2) is 10.6. The Morgan fingerprint density at radius 3 is 2.71 bits per heavy atom. The van der Waals surface area contributed by atoms with Crippen LogP contribution in [0.1, 0.15) is 43.3 Å². The second-order valence-electron chi connectivity index (χ2n) is 8.30. The standard InChI is InChI=1S/C26H31N5O4/c1-5-35-20-13-12-18(15-21(20)34-4)24-23(25(33)28-19-10-7-6-9-16(19)2)17(3)27-26-29-22(11-8-14-32)30-31(24)26/h6-7,9-10,12-13,15,24,32H,5,8,11,14H2,1-4H3,(H,28,33)(H,27,29,30)/t24-/m1/s1. The molecule has 1 atom stereocenters. The van der Waals surface area contributed by atoms with Crippen LogP contribution in [-0.4, -0.2) is 46.1 Å². The van der Waals surface area contributed by atoms with Crippen molar-refractivity contribution >= 4 is 17.5 Å². The maximum atomic E-state index is 13.7. The van der Waals surface area contributed by atoms with Crippen LogP contribution < -0.4 is 20.1 Å². The summed E-state index contributed by atoms with van der Waals surface area (Å²) in [5.74, 6) is 2.10. The van der Waals surface area contributed by atoms with Gasteiger partial charge in [0.2, 0.25) is 5.95 Å². The van der Waals surface area contributed by atoms with E-state index in [1.165, 1.54) is 0 Å². The van der Waals surface area contributed by atoms with Gasteiger partial charge in [0.05, 0.1) is 19.3 Å². The molecule has 0 radical (unpaired) electrons. The van der Waals surface area contributed by atoms with Crippen LogP contribution in [0, 0.1) is 6.92 Å². The minimum Gasteiger partial charge on any atom is -0.493 e. The van der Waals surface area contributed by atoms with Crippen LogP contribution in [0.2, 0.25) is 0 Å². The van der Waals surface area contributed by atoms with Gasteiger partial charge in [0.1, 0.15) is 6.04 Å². The second-order valence-corrected chi connectivity index (χ2v) is 8.30. The lowest BCUT2D eigenvalue weighted by atomic mass is 9.94. The number of nitrogens with one attached hydrogen (secondary N) is 2. The van der Waals surface area contributed by atoms with Crippen LogP contribution in [0.4, 0.5) is 11.6 Å². The SMILES string of the molecule is CCOc1ccc([C@@H]2C(C(=O)Nc3ccccc3C)=C(C)Nc3nc(CCCO)nn32)cc1OC. The lowest BCUT2D eigenvalue weighted by Gasteiger charge is -2.29. The normalized spacial score (nSPS) is 14.8. The highest BCUT2D eigenvalue weighted by atomic mass is 16.5. The summed E-state index contributed by atoms with van der Waals surface area (Å²) in [6.07, 6.45) is 1.08. The number of hydrogen-bond acceptors (Lipinski definition) is 7. The molecule has 0 saturated heterocycles. The van der Waals surface area contributed by atoms with Crippen LogP contribution in [0.5, 0.6) is 11.5 Å². The van der Waals surface area contributed by atoms with Gasteiger partial charge in [0, 0.05) is 24.4 Å². The molecule has 0 fully saturated rings. The van der Waals surface area contributed by atoms with Gasteiger partial charge in [-0.25, -0.2) is 4.68 Å². The molecular formula is C26H31N5O4. The molecule has 1 aliphatic heterocycles. The monoisotopic (exact) mass is 477 g/mol. The zero-order valence-electron chi connectivity index (χ0n) is 20.5. The summed E-state index contributed by atoms with van der Waals surface area (Å²) in [4.78, 5) is 18.3. The lowest BCUT2D eigenvalue weighted by molar-refractivity contribution is -0.113. The average molecular weight is 478 g/mol. The number of rotatable bonds is 9. The topological polar surface area (TPSA) is 111 Å². The Morgan fingerprint density at radius 2 is 2.00 bits per heavy atom. The molecule has 3 aromatic rings. The van der Waals surface area contributed by atoms with Crippen molar-refractivity contribution in [2.75, 3.05) is 31.0 Å². The number of aliphatic hydroxyl groups is 1. The number of methoxy groups -OCH3 is 1. The molecule has 2 aromatic carbocycles. The van der Waals surface area contributed by atoms with Crippen LogP contribution >= 0.6 is 0 Å². The highest BCUT2D eigenvalue weighted by Crippen LogP contribution is 2.39. The summed E-state index contributed by atoms with van der Waals surface area (Å²) in [5.41, 5.74) is 3.72. The smallest absolute Gasteiger partial charge is 0.255 e. The molecular weight excluding hydrogens is 446 g/mol. The number of anilines is 2. The fraction of sp³-hybridized carbons (Fsp3) is 0.346. The predicted octanol–water partition coefficient (Wildman–Crippen LogP) is 3.85. The first-order chi connectivity index (χ1) is 17.0. The zero-order chi connectivity index (χ0) is 24.9. The first kappa shape index (κ1) is 24.3. The molecule has 0 aliphatic carbocycles. The van der Waals surface area contributed by atoms with Crippen molar-refractivity contribution in [2.24, 2.45) is 0 Å². The van der Waals surface area contributed by atoms with Gasteiger partial charge >= 0.3 is 0 Å². The molecule has 1 aliphatic rings. The number of aromatic nitrogens is 3. The van der Waals surface area contributed by atoms with Gasteiger partial charge in [-0.05, 0) is 56.5 Å². The van der Waals surface area contributed by atoms with Crippen LogP contribution in [0.25, 0.3) is 0 Å². The summed E-state index contributed by atoms with van der Waals surface area (Å²) in [6, 6.07) is 12.7. The Morgan fingerprint density at radius 1 is 1.20 bits per heavy atom. The number of hydrogen-bond donors (Lipinski definition) is 3. The third-order valence-electron chi connectivity index (χ3n) is 5.90. The first-order valence-corrected chi connectivity index (χ1v) is 11.7. The molecule has 4 rings (SSSR count). The van der Waals surface area contributed by atoms with E-state index in [4.69, 9.17) is 14.6 Å². The van der Waals surface area contributed by atoms with Crippen molar-refractivity contribution in [1.82, 2.24) is 14.8 Å². The maximum absolute atomic E-state index is 13.7. The van der Waals surface area contributed by atoms with E-state index in [1.54, 1.807) is 11.8 Å². The number of carbonyl (C=O) groups is 1. The molecule has 3 N–H and O–H groups in total. The van der Waals surface area contributed by atoms with Crippen LogP contribution in [0.15, 0.2) is 53.7 Å². The van der Waals surface area contributed by atoms with Crippen LogP contribution in [-0.2, 0) is 11.2 Å². The number of ether oxygens (including phenoxy) is 2. The summed E-state index contributed by atoms with van der Waals surface area (Å²) >= 11 is 0. The molecule has 0 spiro atoms. The summed E-state index contributed by atoms with van der Waals surface area (Å²) in [5, 5.41) is 20.2. The Labute approximate surface area is 204 Å². The van der Waals surface area contributed by atoms with E-state index in [1.807, 2.05) is 63.2 Å². The number of fused-ring (bicyclic) bond motifs is 1. The van der Waals surface area contributed by atoms with Gasteiger partial charge in [-0.2, -0.15) is 10.1 Å². The van der Waals surface area contributed by atoms with E-state index in [9.17, 15) is 9.90 Å². The number of amides is 1. The molecule has 35 heavy (non-hydrogen) atoms. The van der Waals surface area contributed by atoms with Gasteiger partial charge in [-0.1, -0.05) is 24.3 Å². The van der Waals surface area contributed by atoms with E-state index in [0.29, 0.717) is 54.0 Å². The maximum Gasteiger partial charge on any atom is 0.255 e. The quantitative estimate of drug-likeness (QED) is 0.429. The number of nitrogens with zero attached hydrogens (tertiary/aromatic N) is 3. The molecule has 0 unspecified atom stereocenters.